The molecule has 0 spiro atoms. The number of rotatable bonds is 6. The maximum Gasteiger partial charge on any atom is 0.122 e. The minimum atomic E-state index is 0.370. The van der Waals surface area contributed by atoms with E-state index < -0.39 is 0 Å². The van der Waals surface area contributed by atoms with Crippen LogP contribution in [0.1, 0.15) is 70.4 Å². The normalized spacial score (nSPS) is 11.5. The van der Waals surface area contributed by atoms with Crippen LogP contribution >= 0.6 is 11.8 Å². The van der Waals surface area contributed by atoms with Gasteiger partial charge in [0.05, 0.1) is 0 Å². The highest BCUT2D eigenvalue weighted by Crippen LogP contribution is 2.37. The SMILES string of the molecule is CCCCSc1cc(C(C)C)c(O)c(C(C)C)c1. The molecule has 0 aliphatic rings. The highest BCUT2D eigenvalue weighted by atomic mass is 32.2. The molecule has 0 atom stereocenters. The molecule has 0 amide bonds. The van der Waals surface area contributed by atoms with Gasteiger partial charge in [0.25, 0.3) is 0 Å². The van der Waals surface area contributed by atoms with Crippen LogP contribution in [0.2, 0.25) is 0 Å². The molecular formula is C16H26OS. The van der Waals surface area contributed by atoms with Crippen molar-refractivity contribution < 1.29 is 5.11 Å². The lowest BCUT2D eigenvalue weighted by Gasteiger charge is -2.17. The first-order valence-corrected chi connectivity index (χ1v) is 7.95. The maximum atomic E-state index is 10.3. The first-order chi connectivity index (χ1) is 8.47. The standard InChI is InChI=1S/C16H26OS/c1-6-7-8-18-13-9-14(11(2)3)16(17)15(10-13)12(4)5/h9-12,17H,6-8H2,1-5H3. The molecule has 0 aromatic heterocycles. The molecule has 2 heteroatoms. The molecule has 0 aliphatic heterocycles. The molecule has 1 aromatic carbocycles. The summed E-state index contributed by atoms with van der Waals surface area (Å²) in [5, 5.41) is 10.3. The maximum absolute atomic E-state index is 10.3. The first-order valence-electron chi connectivity index (χ1n) is 6.96. The minimum Gasteiger partial charge on any atom is -0.507 e. The van der Waals surface area contributed by atoms with Crippen LogP contribution in [0.5, 0.6) is 5.75 Å². The minimum absolute atomic E-state index is 0.370. The summed E-state index contributed by atoms with van der Waals surface area (Å²) in [5.74, 6) is 2.40. The fourth-order valence-electron chi connectivity index (χ4n) is 1.95. The molecule has 0 saturated carbocycles. The van der Waals surface area contributed by atoms with Crippen LogP contribution in [0.3, 0.4) is 0 Å². The quantitative estimate of drug-likeness (QED) is 0.539. The summed E-state index contributed by atoms with van der Waals surface area (Å²) >= 11 is 1.91. The average molecular weight is 266 g/mol. The molecule has 0 fully saturated rings. The lowest BCUT2D eigenvalue weighted by molar-refractivity contribution is 0.453. The van der Waals surface area contributed by atoms with Crippen LogP contribution in [0, 0.1) is 0 Å². The molecule has 1 N–H and O–H groups in total. The van der Waals surface area contributed by atoms with E-state index in [2.05, 4.69) is 46.8 Å². The van der Waals surface area contributed by atoms with Crippen LogP contribution in [0.15, 0.2) is 17.0 Å². The van der Waals surface area contributed by atoms with Crippen LogP contribution < -0.4 is 0 Å². The molecule has 0 bridgehead atoms. The Hall–Kier alpha value is -0.630. The monoisotopic (exact) mass is 266 g/mol. The number of phenolic OH excluding ortho intramolecular Hbond substituents is 1. The van der Waals surface area contributed by atoms with Gasteiger partial charge in [0.15, 0.2) is 0 Å². The van der Waals surface area contributed by atoms with Gasteiger partial charge in [-0.1, -0.05) is 41.0 Å². The zero-order valence-corrected chi connectivity index (χ0v) is 13.1. The van der Waals surface area contributed by atoms with Crippen molar-refractivity contribution in [3.63, 3.8) is 0 Å². The van der Waals surface area contributed by atoms with E-state index in [-0.39, 0.29) is 0 Å². The summed E-state index contributed by atoms with van der Waals surface area (Å²) in [4.78, 5) is 1.30. The van der Waals surface area contributed by atoms with Gasteiger partial charge in [-0.3, -0.25) is 0 Å². The molecule has 102 valence electrons. The molecule has 1 rings (SSSR count). The number of benzene rings is 1. The van der Waals surface area contributed by atoms with Crippen LogP contribution in [0.25, 0.3) is 0 Å². The van der Waals surface area contributed by atoms with Gasteiger partial charge >= 0.3 is 0 Å². The Morgan fingerprint density at radius 3 is 1.94 bits per heavy atom. The van der Waals surface area contributed by atoms with Gasteiger partial charge in [-0.15, -0.1) is 11.8 Å². The lowest BCUT2D eigenvalue weighted by atomic mass is 9.94. The second-order valence-corrected chi connectivity index (χ2v) is 6.63. The van der Waals surface area contributed by atoms with Crippen molar-refractivity contribution in [1.82, 2.24) is 0 Å². The summed E-state index contributed by atoms with van der Waals surface area (Å²) in [6.45, 7) is 10.8. The van der Waals surface area contributed by atoms with Crippen molar-refractivity contribution in [2.75, 3.05) is 5.75 Å². The molecule has 0 heterocycles. The highest BCUT2D eigenvalue weighted by molar-refractivity contribution is 7.99. The third-order valence-corrected chi connectivity index (χ3v) is 4.21. The number of unbranched alkanes of at least 4 members (excludes halogenated alkanes) is 1. The van der Waals surface area contributed by atoms with E-state index in [4.69, 9.17) is 0 Å². The van der Waals surface area contributed by atoms with E-state index in [0.29, 0.717) is 17.6 Å². The van der Waals surface area contributed by atoms with Crippen molar-refractivity contribution in [2.45, 2.75) is 64.2 Å². The highest BCUT2D eigenvalue weighted by Gasteiger charge is 2.15. The number of aromatic hydroxyl groups is 1. The third-order valence-electron chi connectivity index (χ3n) is 3.15. The van der Waals surface area contributed by atoms with E-state index in [1.807, 2.05) is 11.8 Å². The molecule has 18 heavy (non-hydrogen) atoms. The van der Waals surface area contributed by atoms with E-state index in [0.717, 1.165) is 16.9 Å². The molecule has 0 saturated heterocycles. The van der Waals surface area contributed by atoms with Gasteiger partial charge in [0.2, 0.25) is 0 Å². The van der Waals surface area contributed by atoms with Gasteiger partial charge in [0, 0.05) is 4.90 Å². The second kappa shape index (κ2) is 7.08. The zero-order chi connectivity index (χ0) is 13.7. The third kappa shape index (κ3) is 3.94. The van der Waals surface area contributed by atoms with Crippen LogP contribution in [0.4, 0.5) is 0 Å². The number of hydrogen-bond donors (Lipinski definition) is 1. The molecule has 1 aromatic rings. The van der Waals surface area contributed by atoms with Crippen molar-refractivity contribution in [3.8, 4) is 5.75 Å². The number of thioether (sulfide) groups is 1. The van der Waals surface area contributed by atoms with E-state index >= 15 is 0 Å². The molecule has 1 nitrogen and oxygen atoms in total. The Bertz CT molecular complexity index is 354. The summed E-state index contributed by atoms with van der Waals surface area (Å²) in [6.07, 6.45) is 2.48. The Labute approximate surface area is 116 Å². The summed E-state index contributed by atoms with van der Waals surface area (Å²) in [6, 6.07) is 4.32. The smallest absolute Gasteiger partial charge is 0.122 e. The molecular weight excluding hydrogens is 240 g/mol. The molecule has 0 aliphatic carbocycles. The fraction of sp³-hybridized carbons (Fsp3) is 0.625. The molecule has 0 unspecified atom stereocenters. The Balaban J connectivity index is 3.05. The van der Waals surface area contributed by atoms with Crippen LogP contribution in [-0.4, -0.2) is 10.9 Å². The predicted molar refractivity (Wildman–Crippen MR) is 81.9 cm³/mol. The fourth-order valence-corrected chi connectivity index (χ4v) is 3.04. The Morgan fingerprint density at radius 1 is 1.06 bits per heavy atom. The summed E-state index contributed by atoms with van der Waals surface area (Å²) in [7, 11) is 0. The second-order valence-electron chi connectivity index (χ2n) is 5.46. The number of phenols is 1. The average Bonchev–Trinajstić information content (AvgIpc) is 2.30. The van der Waals surface area contributed by atoms with Gasteiger partial charge < -0.3 is 5.11 Å². The van der Waals surface area contributed by atoms with E-state index in [1.54, 1.807) is 0 Å². The number of hydrogen-bond acceptors (Lipinski definition) is 2. The largest absolute Gasteiger partial charge is 0.507 e. The molecule has 0 radical (unpaired) electrons. The first kappa shape index (κ1) is 15.4. The van der Waals surface area contributed by atoms with E-state index in [1.165, 1.54) is 17.7 Å². The summed E-state index contributed by atoms with van der Waals surface area (Å²) in [5.41, 5.74) is 2.17. The van der Waals surface area contributed by atoms with Gasteiger partial charge in [-0.25, -0.2) is 0 Å². The lowest BCUT2D eigenvalue weighted by Crippen LogP contribution is -1.96. The zero-order valence-electron chi connectivity index (χ0n) is 12.3. The van der Waals surface area contributed by atoms with Crippen LogP contribution in [-0.2, 0) is 0 Å². The van der Waals surface area contributed by atoms with Gasteiger partial charge in [-0.2, -0.15) is 0 Å². The summed E-state index contributed by atoms with van der Waals surface area (Å²) < 4.78 is 0. The predicted octanol–water partition coefficient (Wildman–Crippen LogP) is 5.53. The van der Waals surface area contributed by atoms with Crippen molar-refractivity contribution in [2.24, 2.45) is 0 Å². The Morgan fingerprint density at radius 2 is 1.56 bits per heavy atom. The topological polar surface area (TPSA) is 20.2 Å². The Kier molecular flexibility index (Phi) is 6.07. The van der Waals surface area contributed by atoms with E-state index in [9.17, 15) is 5.11 Å². The van der Waals surface area contributed by atoms with Crippen molar-refractivity contribution >= 4 is 11.8 Å². The van der Waals surface area contributed by atoms with Gasteiger partial charge in [0.1, 0.15) is 5.75 Å². The van der Waals surface area contributed by atoms with Crippen molar-refractivity contribution in [3.05, 3.63) is 23.3 Å². The van der Waals surface area contributed by atoms with Crippen molar-refractivity contribution in [1.29, 1.82) is 0 Å². The van der Waals surface area contributed by atoms with Gasteiger partial charge in [-0.05, 0) is 47.3 Å².